The number of carbonyl (C=O) groups excluding carboxylic acids is 1. The van der Waals surface area contributed by atoms with E-state index in [1.54, 1.807) is 0 Å². The number of hydrazone groups is 1. The largest absolute Gasteiger partial charge is 0.291 e. The Morgan fingerprint density at radius 2 is 2.15 bits per heavy atom. The van der Waals surface area contributed by atoms with Gasteiger partial charge < -0.3 is 0 Å². The number of halogens is 2. The van der Waals surface area contributed by atoms with E-state index in [1.807, 2.05) is 32.1 Å². The van der Waals surface area contributed by atoms with Crippen LogP contribution in [0.5, 0.6) is 0 Å². The molecule has 0 spiro atoms. The van der Waals surface area contributed by atoms with Crippen molar-refractivity contribution in [3.63, 3.8) is 0 Å². The van der Waals surface area contributed by atoms with Crippen molar-refractivity contribution in [3.05, 3.63) is 59.2 Å². The Hall–Kier alpha value is -3.16. The number of guanidine groups is 1. The molecule has 0 aromatic heterocycles. The normalized spacial score (nSPS) is 17.5. The molecule has 3 rings (SSSR count). The van der Waals surface area contributed by atoms with Crippen molar-refractivity contribution in [1.29, 1.82) is 0 Å². The van der Waals surface area contributed by atoms with Crippen molar-refractivity contribution < 1.29 is 13.6 Å². The second kappa shape index (κ2) is 8.03. The fraction of sp³-hybridized carbons (Fsp3) is 0.263. The van der Waals surface area contributed by atoms with Gasteiger partial charge in [0.05, 0.1) is 5.71 Å². The Morgan fingerprint density at radius 1 is 1.33 bits per heavy atom. The Kier molecular flexibility index (Phi) is 5.54. The molecule has 1 aromatic rings. The molecule has 0 unspecified atom stereocenters. The maximum Gasteiger partial charge on any atom is 0.258 e. The smallest absolute Gasteiger partial charge is 0.258 e. The highest BCUT2D eigenvalue weighted by Gasteiger charge is 2.21. The van der Waals surface area contributed by atoms with Gasteiger partial charge in [0.25, 0.3) is 5.91 Å². The van der Waals surface area contributed by atoms with E-state index < -0.39 is 17.5 Å². The van der Waals surface area contributed by atoms with Crippen LogP contribution in [0.15, 0.2) is 57.1 Å². The number of nitrogens with one attached hydrogen (secondary N) is 2. The van der Waals surface area contributed by atoms with E-state index in [0.29, 0.717) is 12.4 Å². The molecule has 0 bridgehead atoms. The van der Waals surface area contributed by atoms with Crippen molar-refractivity contribution in [3.8, 4) is 0 Å². The fourth-order valence-electron chi connectivity index (χ4n) is 2.42. The number of fused-ring (bicyclic) bond motifs is 1. The summed E-state index contributed by atoms with van der Waals surface area (Å²) in [6.45, 7) is 4.40. The molecule has 2 N–H and O–H groups in total. The van der Waals surface area contributed by atoms with Crippen molar-refractivity contribution in [2.75, 3.05) is 6.54 Å². The number of allylic oxidation sites excluding steroid dienone is 3. The Balaban J connectivity index is 1.83. The molecule has 1 aliphatic carbocycles. The average molecular weight is 371 g/mol. The summed E-state index contributed by atoms with van der Waals surface area (Å²) in [4.78, 5) is 21.1. The number of carbonyl (C=O) groups is 1. The van der Waals surface area contributed by atoms with Crippen LogP contribution in [0.25, 0.3) is 0 Å². The topological polar surface area (TPSA) is 78.2 Å². The van der Waals surface area contributed by atoms with Gasteiger partial charge in [-0.2, -0.15) is 10.1 Å². The molecular formula is C19H19F2N5O. The van der Waals surface area contributed by atoms with E-state index in [9.17, 15) is 13.6 Å². The number of amides is 1. The van der Waals surface area contributed by atoms with Gasteiger partial charge in [-0.3, -0.25) is 20.5 Å². The maximum absolute atomic E-state index is 13.4. The van der Waals surface area contributed by atoms with Crippen LogP contribution in [-0.2, 0) is 0 Å². The van der Waals surface area contributed by atoms with Gasteiger partial charge in [-0.15, -0.1) is 0 Å². The molecule has 1 amide bonds. The summed E-state index contributed by atoms with van der Waals surface area (Å²) < 4.78 is 26.5. The van der Waals surface area contributed by atoms with Crippen LogP contribution in [0.2, 0.25) is 0 Å². The molecule has 1 aromatic carbocycles. The van der Waals surface area contributed by atoms with Crippen molar-refractivity contribution in [2.45, 2.75) is 20.3 Å². The third-order valence-corrected chi connectivity index (χ3v) is 3.78. The van der Waals surface area contributed by atoms with Crippen LogP contribution in [0.1, 0.15) is 30.6 Å². The number of hydrogen-bond donors (Lipinski definition) is 2. The van der Waals surface area contributed by atoms with Gasteiger partial charge in [0.15, 0.2) is 17.5 Å². The van der Waals surface area contributed by atoms with Gasteiger partial charge in [-0.25, -0.2) is 8.78 Å². The van der Waals surface area contributed by atoms with Gasteiger partial charge >= 0.3 is 0 Å². The van der Waals surface area contributed by atoms with E-state index in [2.05, 4.69) is 25.8 Å². The molecule has 2 aliphatic rings. The molecule has 0 saturated heterocycles. The predicted molar refractivity (Wildman–Crippen MR) is 101 cm³/mol. The van der Waals surface area contributed by atoms with Crippen LogP contribution in [0, 0.1) is 17.6 Å². The zero-order valence-electron chi connectivity index (χ0n) is 15.0. The van der Waals surface area contributed by atoms with Crippen molar-refractivity contribution in [1.82, 2.24) is 10.7 Å². The monoisotopic (exact) mass is 371 g/mol. The molecule has 0 atom stereocenters. The van der Waals surface area contributed by atoms with Gasteiger partial charge in [0, 0.05) is 17.7 Å². The molecule has 140 valence electrons. The van der Waals surface area contributed by atoms with E-state index in [1.165, 1.54) is 6.07 Å². The average Bonchev–Trinajstić information content (AvgIpc) is 3.05. The summed E-state index contributed by atoms with van der Waals surface area (Å²) in [6, 6.07) is 2.94. The Labute approximate surface area is 155 Å². The minimum atomic E-state index is -1.09. The predicted octanol–water partition coefficient (Wildman–Crippen LogP) is 2.95. The van der Waals surface area contributed by atoms with Gasteiger partial charge in [0.2, 0.25) is 5.96 Å². The number of aliphatic imine (C=N–C) groups is 2. The zero-order valence-corrected chi connectivity index (χ0v) is 15.0. The minimum Gasteiger partial charge on any atom is -0.291 e. The first-order valence-corrected chi connectivity index (χ1v) is 8.54. The van der Waals surface area contributed by atoms with Crippen LogP contribution in [0.4, 0.5) is 8.78 Å². The Morgan fingerprint density at radius 3 is 2.89 bits per heavy atom. The second-order valence-electron chi connectivity index (χ2n) is 6.47. The lowest BCUT2D eigenvalue weighted by Gasteiger charge is -2.09. The number of amidine groups is 1. The minimum absolute atomic E-state index is 0.0255. The quantitative estimate of drug-likeness (QED) is 0.633. The molecule has 8 heteroatoms. The summed E-state index contributed by atoms with van der Waals surface area (Å²) in [5.74, 6) is -1.94. The standard InChI is InChI=1S/C19H19F2N5O/c1-11(2)10-22-19(23-17-13-5-3-4-6-16(13)25-26-17)24-18(27)12-7-8-14(20)15(21)9-12/h4-9,11H,3,10H2,1-2H3,(H2,22,23,24,26,27). The lowest BCUT2D eigenvalue weighted by Crippen LogP contribution is -2.32. The van der Waals surface area contributed by atoms with E-state index in [-0.39, 0.29) is 17.4 Å². The van der Waals surface area contributed by atoms with Gasteiger partial charge in [0.1, 0.15) is 0 Å². The van der Waals surface area contributed by atoms with Crippen LogP contribution < -0.4 is 10.7 Å². The summed E-state index contributed by atoms with van der Waals surface area (Å²) in [5, 5.41) is 6.72. The van der Waals surface area contributed by atoms with Crippen LogP contribution in [0.3, 0.4) is 0 Å². The lowest BCUT2D eigenvalue weighted by atomic mass is 10.0. The van der Waals surface area contributed by atoms with Crippen LogP contribution in [-0.4, -0.2) is 30.0 Å². The lowest BCUT2D eigenvalue weighted by molar-refractivity contribution is 0.0976. The third kappa shape index (κ3) is 4.52. The first kappa shape index (κ1) is 18.6. The van der Waals surface area contributed by atoms with E-state index in [4.69, 9.17) is 0 Å². The molecule has 1 aliphatic heterocycles. The molecule has 0 fully saturated rings. The number of hydrogen-bond acceptors (Lipinski definition) is 3. The Bertz CT molecular complexity index is 913. The first-order valence-electron chi connectivity index (χ1n) is 8.54. The molecular weight excluding hydrogens is 352 g/mol. The zero-order chi connectivity index (χ0) is 19.4. The van der Waals surface area contributed by atoms with Gasteiger partial charge in [-0.05, 0) is 36.6 Å². The molecule has 0 saturated carbocycles. The molecule has 6 nitrogen and oxygen atoms in total. The summed E-state index contributed by atoms with van der Waals surface area (Å²) in [6.07, 6.45) is 6.59. The first-order chi connectivity index (χ1) is 12.9. The maximum atomic E-state index is 13.4. The number of benzene rings is 1. The van der Waals surface area contributed by atoms with Crippen molar-refractivity contribution in [2.24, 2.45) is 21.0 Å². The number of nitrogens with zero attached hydrogens (tertiary/aromatic N) is 3. The van der Waals surface area contributed by atoms with E-state index >= 15 is 0 Å². The summed E-state index contributed by atoms with van der Waals surface area (Å²) in [5.41, 5.74) is 4.39. The highest BCUT2D eigenvalue weighted by atomic mass is 19.2. The molecule has 0 radical (unpaired) electrons. The number of rotatable bonds is 3. The highest BCUT2D eigenvalue weighted by Crippen LogP contribution is 2.15. The fourth-order valence-corrected chi connectivity index (χ4v) is 2.42. The molecule has 27 heavy (non-hydrogen) atoms. The second-order valence-corrected chi connectivity index (χ2v) is 6.47. The summed E-state index contributed by atoms with van der Waals surface area (Å²) in [7, 11) is 0. The highest BCUT2D eigenvalue weighted by molar-refractivity contribution is 6.32. The van der Waals surface area contributed by atoms with Crippen molar-refractivity contribution >= 4 is 23.4 Å². The summed E-state index contributed by atoms with van der Waals surface area (Å²) >= 11 is 0. The van der Waals surface area contributed by atoms with Crippen LogP contribution >= 0.6 is 0 Å². The third-order valence-electron chi connectivity index (χ3n) is 3.78. The van der Waals surface area contributed by atoms with E-state index in [0.717, 1.165) is 29.8 Å². The molecule has 1 heterocycles. The SMILES string of the molecule is CC(C)CN=C(N=C1NN=C2C=CCC=C21)NC(=O)c1ccc(F)c(F)c1. The van der Waals surface area contributed by atoms with Gasteiger partial charge in [-0.1, -0.05) is 26.0 Å².